The van der Waals surface area contributed by atoms with Crippen molar-refractivity contribution in [2.75, 3.05) is 18.4 Å². The molecule has 1 fully saturated rings. The van der Waals surface area contributed by atoms with Crippen LogP contribution in [0.1, 0.15) is 28.8 Å². The van der Waals surface area contributed by atoms with Crippen molar-refractivity contribution in [2.45, 2.75) is 18.6 Å². The first-order valence-electron chi connectivity index (χ1n) is 9.38. The van der Waals surface area contributed by atoms with Crippen molar-refractivity contribution >= 4 is 32.4 Å². The van der Waals surface area contributed by atoms with Gasteiger partial charge >= 0.3 is 0 Å². The minimum Gasteiger partial charge on any atom is -0.322 e. The van der Waals surface area contributed by atoms with Gasteiger partial charge < -0.3 is 5.32 Å². The number of sulfonamides is 1. The summed E-state index contributed by atoms with van der Waals surface area (Å²) in [7, 11) is -3.28. The minimum absolute atomic E-state index is 0.0282. The number of nitrogens with zero attached hydrogens (tertiary/aromatic N) is 1. The average molecular weight is 394 g/mol. The lowest BCUT2D eigenvalue weighted by molar-refractivity contribution is 0.102. The second-order valence-corrected chi connectivity index (χ2v) is 9.04. The third-order valence-corrected chi connectivity index (χ3v) is 6.88. The van der Waals surface area contributed by atoms with Gasteiger partial charge in [0, 0.05) is 24.3 Å². The highest BCUT2D eigenvalue weighted by atomic mass is 32.2. The molecule has 3 aromatic carbocycles. The molecule has 0 aliphatic carbocycles. The van der Waals surface area contributed by atoms with E-state index in [0.717, 1.165) is 29.3 Å². The Balaban J connectivity index is 1.44. The predicted molar refractivity (Wildman–Crippen MR) is 112 cm³/mol. The maximum Gasteiger partial charge on any atom is 0.255 e. The third-order valence-electron chi connectivity index (χ3n) is 5.03. The Bertz CT molecular complexity index is 1100. The molecule has 0 spiro atoms. The summed E-state index contributed by atoms with van der Waals surface area (Å²) in [4.78, 5) is 12.5. The van der Waals surface area contributed by atoms with Crippen LogP contribution in [0.25, 0.3) is 10.8 Å². The van der Waals surface area contributed by atoms with Gasteiger partial charge in [0.05, 0.1) is 5.75 Å². The molecule has 1 N–H and O–H groups in total. The van der Waals surface area contributed by atoms with E-state index in [1.54, 1.807) is 28.6 Å². The van der Waals surface area contributed by atoms with Gasteiger partial charge in [-0.05, 0) is 53.4 Å². The summed E-state index contributed by atoms with van der Waals surface area (Å²) >= 11 is 0. The molecule has 4 rings (SSSR count). The van der Waals surface area contributed by atoms with E-state index < -0.39 is 10.0 Å². The molecule has 1 heterocycles. The van der Waals surface area contributed by atoms with E-state index in [2.05, 4.69) is 5.32 Å². The van der Waals surface area contributed by atoms with Crippen LogP contribution in [0.15, 0.2) is 66.7 Å². The van der Waals surface area contributed by atoms with E-state index in [-0.39, 0.29) is 11.7 Å². The van der Waals surface area contributed by atoms with Gasteiger partial charge in [-0.15, -0.1) is 0 Å². The van der Waals surface area contributed by atoms with Gasteiger partial charge in [0.25, 0.3) is 5.91 Å². The number of carbonyl (C=O) groups is 1. The van der Waals surface area contributed by atoms with Crippen molar-refractivity contribution < 1.29 is 13.2 Å². The van der Waals surface area contributed by atoms with Gasteiger partial charge in [0.15, 0.2) is 0 Å². The molecule has 28 heavy (non-hydrogen) atoms. The number of nitrogens with one attached hydrogen (secondary N) is 1. The molecule has 3 aromatic rings. The standard InChI is InChI=1S/C22H22N2O3S/c25-22(23-21-12-11-18-5-1-2-6-20(18)15-21)19-9-7-17(8-10-19)16-28(26,27)24-13-3-4-14-24/h1-2,5-12,15H,3-4,13-14,16H2,(H,23,25). The SMILES string of the molecule is O=C(Nc1ccc2ccccc2c1)c1ccc(CS(=O)(=O)N2CCCC2)cc1. The minimum atomic E-state index is -3.28. The lowest BCUT2D eigenvalue weighted by Gasteiger charge is -2.15. The summed E-state index contributed by atoms with van der Waals surface area (Å²) in [5, 5.41) is 5.07. The Labute approximate surface area is 165 Å². The molecule has 1 saturated heterocycles. The zero-order valence-electron chi connectivity index (χ0n) is 15.5. The normalized spacial score (nSPS) is 15.0. The maximum atomic E-state index is 12.5. The largest absolute Gasteiger partial charge is 0.322 e. The number of rotatable bonds is 5. The van der Waals surface area contributed by atoms with Crippen LogP contribution in [0, 0.1) is 0 Å². The van der Waals surface area contributed by atoms with E-state index in [1.165, 1.54) is 0 Å². The zero-order chi connectivity index (χ0) is 19.6. The van der Waals surface area contributed by atoms with Gasteiger partial charge in [0.1, 0.15) is 0 Å². The molecule has 1 aliphatic rings. The molecular weight excluding hydrogens is 372 g/mol. The lowest BCUT2D eigenvalue weighted by atomic mass is 10.1. The molecule has 0 aromatic heterocycles. The number of anilines is 1. The molecule has 0 bridgehead atoms. The van der Waals surface area contributed by atoms with Crippen LogP contribution in [0.4, 0.5) is 5.69 Å². The Morgan fingerprint density at radius 2 is 1.57 bits per heavy atom. The molecule has 0 atom stereocenters. The van der Waals surface area contributed by atoms with Crippen molar-refractivity contribution in [1.29, 1.82) is 0 Å². The predicted octanol–water partition coefficient (Wildman–Crippen LogP) is 4.02. The topological polar surface area (TPSA) is 66.5 Å². The van der Waals surface area contributed by atoms with Crippen LogP contribution in [0.5, 0.6) is 0 Å². The summed E-state index contributed by atoms with van der Waals surface area (Å²) in [6.45, 7) is 1.21. The van der Waals surface area contributed by atoms with Crippen molar-refractivity contribution in [3.05, 3.63) is 77.9 Å². The van der Waals surface area contributed by atoms with Crippen LogP contribution < -0.4 is 5.32 Å². The second kappa shape index (κ2) is 7.73. The Kier molecular flexibility index (Phi) is 5.15. The first-order valence-corrected chi connectivity index (χ1v) is 11.0. The molecule has 6 heteroatoms. The first-order chi connectivity index (χ1) is 13.5. The second-order valence-electron chi connectivity index (χ2n) is 7.08. The van der Waals surface area contributed by atoms with Gasteiger partial charge in [-0.25, -0.2) is 12.7 Å². The highest BCUT2D eigenvalue weighted by Crippen LogP contribution is 2.20. The van der Waals surface area contributed by atoms with E-state index in [0.29, 0.717) is 24.2 Å². The molecule has 1 amide bonds. The quantitative estimate of drug-likeness (QED) is 0.711. The van der Waals surface area contributed by atoms with Crippen LogP contribution in [0.3, 0.4) is 0 Å². The molecule has 144 valence electrons. The van der Waals surface area contributed by atoms with E-state index in [4.69, 9.17) is 0 Å². The zero-order valence-corrected chi connectivity index (χ0v) is 16.3. The smallest absolute Gasteiger partial charge is 0.255 e. The molecule has 1 aliphatic heterocycles. The number of hydrogen-bond acceptors (Lipinski definition) is 3. The summed E-state index contributed by atoms with van der Waals surface area (Å²) in [5.41, 5.74) is 1.91. The van der Waals surface area contributed by atoms with Crippen molar-refractivity contribution in [1.82, 2.24) is 4.31 Å². The molecule has 0 unspecified atom stereocenters. The average Bonchev–Trinajstić information content (AvgIpc) is 3.24. The lowest BCUT2D eigenvalue weighted by Crippen LogP contribution is -2.29. The number of amides is 1. The van der Waals surface area contributed by atoms with Crippen molar-refractivity contribution in [3.63, 3.8) is 0 Å². The number of fused-ring (bicyclic) bond motifs is 1. The van der Waals surface area contributed by atoms with Gasteiger partial charge in [-0.1, -0.05) is 42.5 Å². The van der Waals surface area contributed by atoms with Gasteiger partial charge in [-0.2, -0.15) is 0 Å². The van der Waals surface area contributed by atoms with Crippen LogP contribution >= 0.6 is 0 Å². The molecule has 0 saturated carbocycles. The van der Waals surface area contributed by atoms with Crippen LogP contribution in [-0.2, 0) is 15.8 Å². The molecular formula is C22H22N2O3S. The molecule has 5 nitrogen and oxygen atoms in total. The molecule has 0 radical (unpaired) electrons. The Morgan fingerprint density at radius 1 is 0.893 bits per heavy atom. The van der Waals surface area contributed by atoms with E-state index >= 15 is 0 Å². The number of hydrogen-bond donors (Lipinski definition) is 1. The van der Waals surface area contributed by atoms with Gasteiger partial charge in [0.2, 0.25) is 10.0 Å². The van der Waals surface area contributed by atoms with E-state index in [1.807, 2.05) is 42.5 Å². The summed E-state index contributed by atoms with van der Waals surface area (Å²) < 4.78 is 26.4. The van der Waals surface area contributed by atoms with Crippen molar-refractivity contribution in [3.8, 4) is 0 Å². The summed E-state index contributed by atoms with van der Waals surface area (Å²) in [5.74, 6) is -0.247. The third kappa shape index (κ3) is 4.08. The fourth-order valence-corrected chi connectivity index (χ4v) is 5.10. The highest BCUT2D eigenvalue weighted by Gasteiger charge is 2.25. The van der Waals surface area contributed by atoms with E-state index in [9.17, 15) is 13.2 Å². The first kappa shape index (κ1) is 18.7. The summed E-state index contributed by atoms with van der Waals surface area (Å²) in [6, 6.07) is 20.5. The van der Waals surface area contributed by atoms with Crippen LogP contribution in [0.2, 0.25) is 0 Å². The Morgan fingerprint density at radius 3 is 2.29 bits per heavy atom. The highest BCUT2D eigenvalue weighted by molar-refractivity contribution is 7.88. The van der Waals surface area contributed by atoms with Crippen molar-refractivity contribution in [2.24, 2.45) is 0 Å². The number of benzene rings is 3. The number of carbonyl (C=O) groups excluding carboxylic acids is 1. The Hall–Kier alpha value is -2.70. The monoisotopic (exact) mass is 394 g/mol. The van der Waals surface area contributed by atoms with Crippen LogP contribution in [-0.4, -0.2) is 31.7 Å². The van der Waals surface area contributed by atoms with Gasteiger partial charge in [-0.3, -0.25) is 4.79 Å². The summed E-state index contributed by atoms with van der Waals surface area (Å²) in [6.07, 6.45) is 1.85. The fraction of sp³-hybridized carbons (Fsp3) is 0.227. The maximum absolute atomic E-state index is 12.5. The fourth-order valence-electron chi connectivity index (χ4n) is 3.49.